The molecule has 0 aromatic rings. The van der Waals surface area contributed by atoms with E-state index in [0.29, 0.717) is 12.6 Å². The van der Waals surface area contributed by atoms with Crippen LogP contribution in [0.2, 0.25) is 0 Å². The van der Waals surface area contributed by atoms with Crippen LogP contribution in [0.5, 0.6) is 0 Å². The molecule has 1 aliphatic carbocycles. The van der Waals surface area contributed by atoms with Gasteiger partial charge in [-0.05, 0) is 52.5 Å². The van der Waals surface area contributed by atoms with E-state index in [4.69, 9.17) is 4.74 Å². The minimum absolute atomic E-state index is 0.0784. The summed E-state index contributed by atoms with van der Waals surface area (Å²) in [6.45, 7) is 14.3. The van der Waals surface area contributed by atoms with Crippen LogP contribution in [0.3, 0.4) is 0 Å². The third kappa shape index (κ3) is 5.26. The van der Waals surface area contributed by atoms with Crippen molar-refractivity contribution in [3.63, 3.8) is 0 Å². The van der Waals surface area contributed by atoms with Gasteiger partial charge in [0.25, 0.3) is 0 Å². The van der Waals surface area contributed by atoms with Gasteiger partial charge in [0.05, 0.1) is 6.61 Å². The van der Waals surface area contributed by atoms with Crippen molar-refractivity contribution < 1.29 is 9.53 Å². The summed E-state index contributed by atoms with van der Waals surface area (Å²) in [5.41, 5.74) is -0.226. The number of hydrogen-bond acceptors (Lipinski definition) is 4. The third-order valence-corrected chi connectivity index (χ3v) is 4.07. The fourth-order valence-electron chi connectivity index (χ4n) is 3.47. The van der Waals surface area contributed by atoms with Crippen LogP contribution < -0.4 is 5.32 Å². The molecule has 1 rings (SSSR count). The molecule has 0 aromatic heterocycles. The molecule has 124 valence electrons. The zero-order chi connectivity index (χ0) is 16.3. The summed E-state index contributed by atoms with van der Waals surface area (Å²) in [5.74, 6) is -0.0784. The van der Waals surface area contributed by atoms with Crippen LogP contribution in [0.4, 0.5) is 0 Å². The van der Waals surface area contributed by atoms with E-state index in [9.17, 15) is 4.79 Å². The summed E-state index contributed by atoms with van der Waals surface area (Å²) in [4.78, 5) is 14.9. The van der Waals surface area contributed by atoms with E-state index in [1.807, 2.05) is 6.92 Å². The van der Waals surface area contributed by atoms with Gasteiger partial charge in [-0.1, -0.05) is 20.8 Å². The SMILES string of the molecule is CCOC(=O)C1(NC(C)C)CCC(N(C)CC(C)(C)C)C1. The molecule has 0 amide bonds. The van der Waals surface area contributed by atoms with Gasteiger partial charge in [-0.25, -0.2) is 0 Å². The maximum absolute atomic E-state index is 12.5. The minimum Gasteiger partial charge on any atom is -0.465 e. The highest BCUT2D eigenvalue weighted by molar-refractivity contribution is 5.81. The van der Waals surface area contributed by atoms with Crippen molar-refractivity contribution in [3.8, 4) is 0 Å². The van der Waals surface area contributed by atoms with Crippen molar-refractivity contribution >= 4 is 5.97 Å². The van der Waals surface area contributed by atoms with Gasteiger partial charge in [-0.15, -0.1) is 0 Å². The van der Waals surface area contributed by atoms with Gasteiger partial charge >= 0.3 is 5.97 Å². The van der Waals surface area contributed by atoms with Crippen molar-refractivity contribution in [2.45, 2.75) is 78.4 Å². The Morgan fingerprint density at radius 2 is 2.05 bits per heavy atom. The van der Waals surface area contributed by atoms with E-state index in [1.54, 1.807) is 0 Å². The molecule has 0 radical (unpaired) electrons. The minimum atomic E-state index is -0.499. The Morgan fingerprint density at radius 1 is 1.43 bits per heavy atom. The molecule has 2 unspecified atom stereocenters. The van der Waals surface area contributed by atoms with Gasteiger partial charge in [0, 0.05) is 18.6 Å². The lowest BCUT2D eigenvalue weighted by molar-refractivity contribution is -0.151. The fraction of sp³-hybridized carbons (Fsp3) is 0.941. The average Bonchev–Trinajstić information content (AvgIpc) is 2.72. The summed E-state index contributed by atoms with van der Waals surface area (Å²) in [7, 11) is 2.17. The van der Waals surface area contributed by atoms with Crippen LogP contribution in [-0.4, -0.2) is 48.7 Å². The topological polar surface area (TPSA) is 41.6 Å². The molecule has 0 bridgehead atoms. The summed E-state index contributed by atoms with van der Waals surface area (Å²) < 4.78 is 5.34. The van der Waals surface area contributed by atoms with E-state index < -0.39 is 5.54 Å². The standard InChI is InChI=1S/C17H34N2O2/c1-8-21-15(20)17(18-13(2)3)10-9-14(11-17)19(7)12-16(4,5)6/h13-14,18H,8-12H2,1-7H3. The summed E-state index contributed by atoms with van der Waals surface area (Å²) >= 11 is 0. The molecule has 1 saturated carbocycles. The van der Waals surface area contributed by atoms with E-state index in [1.165, 1.54) is 0 Å². The summed E-state index contributed by atoms with van der Waals surface area (Å²) in [5, 5.41) is 3.49. The Balaban J connectivity index is 2.78. The third-order valence-electron chi connectivity index (χ3n) is 4.07. The van der Waals surface area contributed by atoms with Gasteiger partial charge in [0.2, 0.25) is 0 Å². The van der Waals surface area contributed by atoms with Crippen LogP contribution in [-0.2, 0) is 9.53 Å². The second kappa shape index (κ2) is 7.10. The maximum atomic E-state index is 12.5. The Hall–Kier alpha value is -0.610. The van der Waals surface area contributed by atoms with Crippen molar-refractivity contribution in [2.75, 3.05) is 20.2 Å². The van der Waals surface area contributed by atoms with Crippen molar-refractivity contribution in [1.29, 1.82) is 0 Å². The lowest BCUT2D eigenvalue weighted by atomic mass is 9.94. The number of hydrogen-bond donors (Lipinski definition) is 1. The summed E-state index contributed by atoms with van der Waals surface area (Å²) in [6.07, 6.45) is 2.75. The number of rotatable bonds is 6. The molecule has 4 heteroatoms. The molecule has 1 fully saturated rings. The zero-order valence-corrected chi connectivity index (χ0v) is 15.0. The zero-order valence-electron chi connectivity index (χ0n) is 15.0. The first-order chi connectivity index (χ1) is 9.59. The maximum Gasteiger partial charge on any atom is 0.326 e. The van der Waals surface area contributed by atoms with Gasteiger partial charge in [0.1, 0.15) is 5.54 Å². The van der Waals surface area contributed by atoms with Gasteiger partial charge < -0.3 is 9.64 Å². The lowest BCUT2D eigenvalue weighted by Crippen LogP contribution is -2.54. The summed E-state index contributed by atoms with van der Waals surface area (Å²) in [6, 6.07) is 0.723. The molecule has 1 N–H and O–H groups in total. The van der Waals surface area contributed by atoms with Gasteiger partial charge in [0.15, 0.2) is 0 Å². The Kier molecular flexibility index (Phi) is 6.23. The highest BCUT2D eigenvalue weighted by Gasteiger charge is 2.47. The molecular weight excluding hydrogens is 264 g/mol. The van der Waals surface area contributed by atoms with Gasteiger partial charge in [-0.3, -0.25) is 10.1 Å². The number of carbonyl (C=O) groups excluding carboxylic acids is 1. The van der Waals surface area contributed by atoms with Crippen molar-refractivity contribution in [1.82, 2.24) is 10.2 Å². The van der Waals surface area contributed by atoms with Crippen LogP contribution in [0, 0.1) is 5.41 Å². The van der Waals surface area contributed by atoms with Crippen LogP contribution in [0.25, 0.3) is 0 Å². The first-order valence-electron chi connectivity index (χ1n) is 8.25. The molecule has 0 aliphatic heterocycles. The molecule has 0 aromatic carbocycles. The van der Waals surface area contributed by atoms with Crippen LogP contribution >= 0.6 is 0 Å². The first-order valence-corrected chi connectivity index (χ1v) is 8.25. The molecular formula is C17H34N2O2. The van der Waals surface area contributed by atoms with Gasteiger partial charge in [-0.2, -0.15) is 0 Å². The molecule has 0 heterocycles. The van der Waals surface area contributed by atoms with E-state index >= 15 is 0 Å². The Bertz CT molecular complexity index is 349. The molecule has 0 saturated heterocycles. The largest absolute Gasteiger partial charge is 0.465 e. The monoisotopic (exact) mass is 298 g/mol. The smallest absolute Gasteiger partial charge is 0.326 e. The number of nitrogens with zero attached hydrogens (tertiary/aromatic N) is 1. The average molecular weight is 298 g/mol. The van der Waals surface area contributed by atoms with E-state index in [0.717, 1.165) is 25.8 Å². The highest BCUT2D eigenvalue weighted by atomic mass is 16.5. The predicted molar refractivity (Wildman–Crippen MR) is 87.4 cm³/mol. The molecule has 2 atom stereocenters. The molecule has 21 heavy (non-hydrogen) atoms. The van der Waals surface area contributed by atoms with E-state index in [2.05, 4.69) is 51.9 Å². The fourth-order valence-corrected chi connectivity index (χ4v) is 3.47. The normalized spacial score (nSPS) is 26.6. The predicted octanol–water partition coefficient (Wildman–Crippen LogP) is 2.82. The second-order valence-electron chi connectivity index (χ2n) is 7.97. The quantitative estimate of drug-likeness (QED) is 0.766. The van der Waals surface area contributed by atoms with Crippen LogP contribution in [0.15, 0.2) is 0 Å². The number of nitrogens with one attached hydrogen (secondary N) is 1. The number of carbonyl (C=O) groups is 1. The van der Waals surface area contributed by atoms with E-state index in [-0.39, 0.29) is 17.4 Å². The first kappa shape index (κ1) is 18.4. The van der Waals surface area contributed by atoms with Crippen molar-refractivity contribution in [2.24, 2.45) is 5.41 Å². The lowest BCUT2D eigenvalue weighted by Gasteiger charge is -2.34. The Morgan fingerprint density at radius 3 is 2.52 bits per heavy atom. The second-order valence-corrected chi connectivity index (χ2v) is 7.97. The highest BCUT2D eigenvalue weighted by Crippen LogP contribution is 2.35. The number of esters is 1. The molecule has 0 spiro atoms. The van der Waals surface area contributed by atoms with Crippen molar-refractivity contribution in [3.05, 3.63) is 0 Å². The van der Waals surface area contributed by atoms with Crippen LogP contribution in [0.1, 0.15) is 60.8 Å². The number of ether oxygens (including phenoxy) is 1. The molecule has 1 aliphatic rings. The Labute approximate surface area is 130 Å². The molecule has 4 nitrogen and oxygen atoms in total.